The van der Waals surface area contributed by atoms with Gasteiger partial charge in [-0.1, -0.05) is 48.8 Å². The molecule has 0 amide bonds. The molecule has 76 valence electrons. The topological polar surface area (TPSA) is 17.1 Å². The Labute approximate surface area is 93.7 Å². The molecule has 1 aromatic rings. The van der Waals surface area contributed by atoms with Crippen molar-refractivity contribution in [3.8, 4) is 0 Å². The third-order valence-electron chi connectivity index (χ3n) is 2.12. The smallest absolute Gasteiger partial charge is 0.168 e. The van der Waals surface area contributed by atoms with Crippen LogP contribution in [-0.2, 0) is 0 Å². The Morgan fingerprint density at radius 1 is 1.29 bits per heavy atom. The molecule has 1 nitrogen and oxygen atoms in total. The van der Waals surface area contributed by atoms with Crippen molar-refractivity contribution in [1.29, 1.82) is 0 Å². The molecule has 1 aromatic carbocycles. The molecule has 0 aliphatic heterocycles. The molecule has 0 spiro atoms. The van der Waals surface area contributed by atoms with E-state index >= 15 is 0 Å². The quantitative estimate of drug-likeness (QED) is 0.693. The number of hydrogen-bond acceptors (Lipinski definition) is 1. The fourth-order valence-corrected chi connectivity index (χ4v) is 1.55. The summed E-state index contributed by atoms with van der Waals surface area (Å²) in [5, 5.41) is 0. The normalized spacial score (nSPS) is 11.5. The maximum absolute atomic E-state index is 11.9. The number of aryl methyl sites for hydroxylation is 1. The van der Waals surface area contributed by atoms with Crippen LogP contribution in [0.15, 0.2) is 22.7 Å². The van der Waals surface area contributed by atoms with Crippen molar-refractivity contribution in [2.75, 3.05) is 0 Å². The van der Waals surface area contributed by atoms with Gasteiger partial charge in [0.1, 0.15) is 0 Å². The monoisotopic (exact) mass is 254 g/mol. The first-order chi connectivity index (χ1) is 6.32. The van der Waals surface area contributed by atoms with Crippen molar-refractivity contribution < 1.29 is 4.79 Å². The van der Waals surface area contributed by atoms with Gasteiger partial charge in [0.15, 0.2) is 5.78 Å². The van der Waals surface area contributed by atoms with Gasteiger partial charge >= 0.3 is 0 Å². The summed E-state index contributed by atoms with van der Waals surface area (Å²) >= 11 is 3.43. The average molecular weight is 255 g/mol. The van der Waals surface area contributed by atoms with Crippen LogP contribution in [0.3, 0.4) is 0 Å². The summed E-state index contributed by atoms with van der Waals surface area (Å²) in [7, 11) is 0. The fraction of sp³-hybridized carbons (Fsp3) is 0.417. The molecule has 0 saturated heterocycles. The molecule has 14 heavy (non-hydrogen) atoms. The lowest BCUT2D eigenvalue weighted by Gasteiger charge is -2.16. The van der Waals surface area contributed by atoms with E-state index in [0.29, 0.717) is 0 Å². The summed E-state index contributed by atoms with van der Waals surface area (Å²) in [4.78, 5) is 11.9. The van der Waals surface area contributed by atoms with Gasteiger partial charge < -0.3 is 0 Å². The zero-order valence-corrected chi connectivity index (χ0v) is 10.6. The highest BCUT2D eigenvalue weighted by Crippen LogP contribution is 2.24. The number of halogens is 1. The van der Waals surface area contributed by atoms with Gasteiger partial charge in [0, 0.05) is 15.5 Å². The fourth-order valence-electron chi connectivity index (χ4n) is 1.17. The van der Waals surface area contributed by atoms with Crippen LogP contribution in [0.2, 0.25) is 0 Å². The summed E-state index contributed by atoms with van der Waals surface area (Å²) in [5.41, 5.74) is 1.61. The van der Waals surface area contributed by atoms with Crippen LogP contribution in [-0.4, -0.2) is 5.78 Å². The Balaban J connectivity index is 3.10. The van der Waals surface area contributed by atoms with E-state index in [1.807, 2.05) is 45.9 Å². The molecule has 0 aromatic heterocycles. The molecule has 0 aliphatic carbocycles. The number of carbonyl (C=O) groups excluding carboxylic acids is 1. The van der Waals surface area contributed by atoms with Crippen molar-refractivity contribution in [2.45, 2.75) is 27.7 Å². The molecule has 1 rings (SSSR count). The van der Waals surface area contributed by atoms with Gasteiger partial charge in [-0.2, -0.15) is 0 Å². The van der Waals surface area contributed by atoms with E-state index in [1.165, 1.54) is 0 Å². The Kier molecular flexibility index (Phi) is 3.15. The lowest BCUT2D eigenvalue weighted by Crippen LogP contribution is -2.20. The molecule has 0 N–H and O–H groups in total. The number of benzene rings is 1. The zero-order valence-electron chi connectivity index (χ0n) is 9.02. The summed E-state index contributed by atoms with van der Waals surface area (Å²) in [6, 6.07) is 5.74. The first-order valence-electron chi connectivity index (χ1n) is 4.63. The predicted molar refractivity (Wildman–Crippen MR) is 62.7 cm³/mol. The van der Waals surface area contributed by atoms with E-state index in [2.05, 4.69) is 15.9 Å². The number of rotatable bonds is 1. The lowest BCUT2D eigenvalue weighted by atomic mass is 9.86. The van der Waals surface area contributed by atoms with Gasteiger partial charge in [0.25, 0.3) is 0 Å². The van der Waals surface area contributed by atoms with Crippen molar-refractivity contribution in [3.63, 3.8) is 0 Å². The average Bonchev–Trinajstić information content (AvgIpc) is 2.07. The second kappa shape index (κ2) is 3.85. The van der Waals surface area contributed by atoms with E-state index in [0.717, 1.165) is 15.6 Å². The molecule has 0 saturated carbocycles. The Morgan fingerprint density at radius 2 is 1.86 bits per heavy atom. The largest absolute Gasteiger partial charge is 0.294 e. The van der Waals surface area contributed by atoms with Crippen molar-refractivity contribution >= 4 is 21.7 Å². The minimum Gasteiger partial charge on any atom is -0.294 e. The van der Waals surface area contributed by atoms with Crippen LogP contribution >= 0.6 is 15.9 Å². The van der Waals surface area contributed by atoms with Crippen LogP contribution in [0.5, 0.6) is 0 Å². The highest BCUT2D eigenvalue weighted by atomic mass is 79.9. The SMILES string of the molecule is Cc1ccc(C(=O)C(C)(C)C)cc1Br. The highest BCUT2D eigenvalue weighted by molar-refractivity contribution is 9.10. The molecule has 0 radical (unpaired) electrons. The number of hydrogen-bond donors (Lipinski definition) is 0. The van der Waals surface area contributed by atoms with Crippen LogP contribution in [0.4, 0.5) is 0 Å². The van der Waals surface area contributed by atoms with Crippen molar-refractivity contribution in [3.05, 3.63) is 33.8 Å². The van der Waals surface area contributed by atoms with E-state index in [9.17, 15) is 4.79 Å². The van der Waals surface area contributed by atoms with Crippen LogP contribution in [0.25, 0.3) is 0 Å². The van der Waals surface area contributed by atoms with Crippen molar-refractivity contribution in [1.82, 2.24) is 0 Å². The highest BCUT2D eigenvalue weighted by Gasteiger charge is 2.22. The number of Topliss-reactive ketones (excluding diaryl/α,β-unsaturated/α-hetero) is 1. The minimum atomic E-state index is -0.311. The molecule has 0 heterocycles. The van der Waals surface area contributed by atoms with E-state index in [-0.39, 0.29) is 11.2 Å². The third kappa shape index (κ3) is 2.44. The Morgan fingerprint density at radius 3 is 2.29 bits per heavy atom. The maximum Gasteiger partial charge on any atom is 0.168 e. The maximum atomic E-state index is 11.9. The number of carbonyl (C=O) groups is 1. The molecule has 0 unspecified atom stereocenters. The van der Waals surface area contributed by atoms with Gasteiger partial charge in [0.2, 0.25) is 0 Å². The van der Waals surface area contributed by atoms with Gasteiger partial charge in [-0.05, 0) is 18.6 Å². The first-order valence-corrected chi connectivity index (χ1v) is 5.42. The van der Waals surface area contributed by atoms with E-state index in [4.69, 9.17) is 0 Å². The second-order valence-electron chi connectivity index (χ2n) is 4.54. The summed E-state index contributed by atoms with van der Waals surface area (Å²) < 4.78 is 0.993. The van der Waals surface area contributed by atoms with E-state index in [1.54, 1.807) is 0 Å². The van der Waals surface area contributed by atoms with Crippen LogP contribution in [0.1, 0.15) is 36.7 Å². The van der Waals surface area contributed by atoms with Crippen molar-refractivity contribution in [2.24, 2.45) is 5.41 Å². The molecule has 0 bridgehead atoms. The first kappa shape index (κ1) is 11.4. The van der Waals surface area contributed by atoms with Crippen LogP contribution < -0.4 is 0 Å². The third-order valence-corrected chi connectivity index (χ3v) is 2.97. The Bertz CT molecular complexity index is 361. The van der Waals surface area contributed by atoms with Gasteiger partial charge in [-0.25, -0.2) is 0 Å². The van der Waals surface area contributed by atoms with Crippen LogP contribution in [0, 0.1) is 12.3 Å². The van der Waals surface area contributed by atoms with Gasteiger partial charge in [0.05, 0.1) is 0 Å². The molecule has 2 heteroatoms. The zero-order chi connectivity index (χ0) is 10.9. The predicted octanol–water partition coefficient (Wildman–Crippen LogP) is 3.99. The summed E-state index contributed by atoms with van der Waals surface area (Å²) in [6.07, 6.45) is 0. The minimum absolute atomic E-state index is 0.179. The molecule has 0 fully saturated rings. The second-order valence-corrected chi connectivity index (χ2v) is 5.40. The van der Waals surface area contributed by atoms with Gasteiger partial charge in [-0.15, -0.1) is 0 Å². The summed E-state index contributed by atoms with van der Waals surface area (Å²) in [6.45, 7) is 7.81. The lowest BCUT2D eigenvalue weighted by molar-refractivity contribution is 0.0858. The summed E-state index contributed by atoms with van der Waals surface area (Å²) in [5.74, 6) is 0.179. The molecule has 0 aliphatic rings. The Hall–Kier alpha value is -0.630. The van der Waals surface area contributed by atoms with E-state index < -0.39 is 0 Å². The standard InChI is InChI=1S/C12H15BrO/c1-8-5-6-9(7-10(8)13)11(14)12(2,3)4/h5-7H,1-4H3. The molecule has 0 atom stereocenters. The molecular formula is C12H15BrO. The number of ketones is 1. The van der Waals surface area contributed by atoms with Gasteiger partial charge in [-0.3, -0.25) is 4.79 Å². The molecular weight excluding hydrogens is 240 g/mol.